The first-order valence-corrected chi connectivity index (χ1v) is 7.28. The van der Waals surface area contributed by atoms with Crippen molar-refractivity contribution >= 4 is 17.5 Å². The van der Waals surface area contributed by atoms with E-state index in [0.717, 1.165) is 11.4 Å². The van der Waals surface area contributed by atoms with Crippen molar-refractivity contribution in [3.63, 3.8) is 0 Å². The zero-order valence-corrected chi connectivity index (χ0v) is 13.0. The monoisotopic (exact) mass is 324 g/mol. The lowest BCUT2D eigenvalue weighted by atomic mass is 10.3. The largest absolute Gasteiger partial charge is 0.497 e. The van der Waals surface area contributed by atoms with Crippen LogP contribution in [-0.4, -0.2) is 23.0 Å². The molecule has 0 aliphatic rings. The van der Waals surface area contributed by atoms with Crippen molar-refractivity contribution in [1.82, 2.24) is 15.3 Å². The third-order valence-corrected chi connectivity index (χ3v) is 3.24. The van der Waals surface area contributed by atoms with Crippen LogP contribution in [0.25, 0.3) is 0 Å². The van der Waals surface area contributed by atoms with Crippen molar-refractivity contribution in [2.24, 2.45) is 0 Å². The maximum atomic E-state index is 12.0. The summed E-state index contributed by atoms with van der Waals surface area (Å²) >= 11 is 0. The zero-order valence-electron chi connectivity index (χ0n) is 13.0. The molecule has 3 aromatic rings. The number of amides is 1. The van der Waals surface area contributed by atoms with Gasteiger partial charge >= 0.3 is 0 Å². The molecule has 0 aliphatic carbocycles. The van der Waals surface area contributed by atoms with Crippen molar-refractivity contribution in [3.8, 4) is 5.75 Å². The number of nitrogens with zero attached hydrogens (tertiary/aromatic N) is 2. The first kappa shape index (κ1) is 15.5. The minimum absolute atomic E-state index is 0.265. The average Bonchev–Trinajstić information content (AvgIpc) is 3.14. The molecule has 1 aromatic carbocycles. The van der Waals surface area contributed by atoms with Gasteiger partial charge in [-0.05, 0) is 24.3 Å². The second-order valence-electron chi connectivity index (χ2n) is 4.91. The van der Waals surface area contributed by atoms with Crippen LogP contribution < -0.4 is 15.4 Å². The molecule has 2 aromatic heterocycles. The van der Waals surface area contributed by atoms with E-state index in [2.05, 4.69) is 20.6 Å². The van der Waals surface area contributed by atoms with E-state index < -0.39 is 0 Å². The van der Waals surface area contributed by atoms with E-state index in [0.29, 0.717) is 23.8 Å². The molecule has 122 valence electrons. The van der Waals surface area contributed by atoms with Crippen LogP contribution in [0.3, 0.4) is 0 Å². The van der Waals surface area contributed by atoms with Crippen molar-refractivity contribution in [2.75, 3.05) is 12.4 Å². The second-order valence-corrected chi connectivity index (χ2v) is 4.91. The summed E-state index contributed by atoms with van der Waals surface area (Å²) in [6, 6.07) is 11.0. The number of hydrogen-bond donors (Lipinski definition) is 2. The maximum Gasteiger partial charge on any atom is 0.254 e. The maximum absolute atomic E-state index is 12.0. The number of hydrogen-bond acceptors (Lipinski definition) is 6. The van der Waals surface area contributed by atoms with E-state index in [1.807, 2.05) is 24.3 Å². The predicted octanol–water partition coefficient (Wildman–Crippen LogP) is 2.75. The molecule has 0 atom stereocenters. The van der Waals surface area contributed by atoms with Gasteiger partial charge in [0.15, 0.2) is 0 Å². The van der Waals surface area contributed by atoms with E-state index in [9.17, 15) is 4.79 Å². The van der Waals surface area contributed by atoms with Crippen molar-refractivity contribution in [1.29, 1.82) is 0 Å². The molecular weight excluding hydrogens is 308 g/mol. The highest BCUT2D eigenvalue weighted by Gasteiger charge is 2.08. The Labute approximate surface area is 138 Å². The van der Waals surface area contributed by atoms with Gasteiger partial charge in [-0.15, -0.1) is 0 Å². The molecular formula is C17H16N4O3. The van der Waals surface area contributed by atoms with Crippen LogP contribution in [0.1, 0.15) is 16.1 Å². The third kappa shape index (κ3) is 3.89. The fourth-order valence-electron chi connectivity index (χ4n) is 2.02. The lowest BCUT2D eigenvalue weighted by Crippen LogP contribution is -2.22. The molecule has 7 heteroatoms. The number of nitrogens with one attached hydrogen (secondary N) is 2. The smallest absolute Gasteiger partial charge is 0.254 e. The van der Waals surface area contributed by atoms with Gasteiger partial charge < -0.3 is 19.8 Å². The topological polar surface area (TPSA) is 89.3 Å². The molecule has 2 N–H and O–H groups in total. The first-order chi connectivity index (χ1) is 11.7. The number of ether oxygens (including phenoxy) is 1. The molecule has 0 saturated heterocycles. The summed E-state index contributed by atoms with van der Waals surface area (Å²) in [6.45, 7) is 0.315. The number of rotatable bonds is 6. The van der Waals surface area contributed by atoms with Crippen LogP contribution in [0, 0.1) is 0 Å². The molecule has 0 fully saturated rings. The molecule has 0 aliphatic heterocycles. The Bertz CT molecular complexity index is 801. The minimum Gasteiger partial charge on any atom is -0.497 e. The van der Waals surface area contributed by atoms with Crippen LogP contribution in [0.15, 0.2) is 59.5 Å². The molecule has 0 radical (unpaired) electrons. The molecule has 0 spiro atoms. The summed E-state index contributed by atoms with van der Waals surface area (Å²) in [4.78, 5) is 20.3. The Morgan fingerprint density at radius 3 is 2.75 bits per heavy atom. The number of aromatic nitrogens is 2. The number of benzene rings is 1. The van der Waals surface area contributed by atoms with Crippen LogP contribution >= 0.6 is 0 Å². The predicted molar refractivity (Wildman–Crippen MR) is 88.2 cm³/mol. The molecule has 3 rings (SSSR count). The van der Waals surface area contributed by atoms with E-state index in [4.69, 9.17) is 9.15 Å². The quantitative estimate of drug-likeness (QED) is 0.725. The molecule has 0 bridgehead atoms. The van der Waals surface area contributed by atoms with Crippen LogP contribution in [0.5, 0.6) is 5.75 Å². The molecule has 2 heterocycles. The lowest BCUT2D eigenvalue weighted by Gasteiger charge is -2.07. The third-order valence-electron chi connectivity index (χ3n) is 3.24. The molecule has 24 heavy (non-hydrogen) atoms. The van der Waals surface area contributed by atoms with Gasteiger partial charge in [0.1, 0.15) is 11.5 Å². The fourth-order valence-corrected chi connectivity index (χ4v) is 2.02. The zero-order chi connectivity index (χ0) is 16.8. The van der Waals surface area contributed by atoms with Crippen LogP contribution in [-0.2, 0) is 6.54 Å². The first-order valence-electron chi connectivity index (χ1n) is 7.28. The highest BCUT2D eigenvalue weighted by Crippen LogP contribution is 2.19. The Morgan fingerprint density at radius 1 is 1.21 bits per heavy atom. The lowest BCUT2D eigenvalue weighted by molar-refractivity contribution is 0.0947. The highest BCUT2D eigenvalue weighted by atomic mass is 16.5. The summed E-state index contributed by atoms with van der Waals surface area (Å²) in [5, 5.41) is 5.79. The Kier molecular flexibility index (Phi) is 4.71. The number of methoxy groups -OCH3 is 1. The number of carbonyl (C=O) groups excluding carboxylic acids is 1. The van der Waals surface area contributed by atoms with Gasteiger partial charge in [-0.2, -0.15) is 0 Å². The standard InChI is InChI=1S/C17H16N4O3/c1-23-14-5-2-4-13(8-14)21-17-19-9-12(10-20-17)16(22)18-11-15-6-3-7-24-15/h2-10H,11H2,1H3,(H,18,22)(H,19,20,21). The van der Waals surface area contributed by atoms with Crippen LogP contribution in [0.2, 0.25) is 0 Å². The Morgan fingerprint density at radius 2 is 2.04 bits per heavy atom. The Balaban J connectivity index is 1.61. The minimum atomic E-state index is -0.265. The molecule has 7 nitrogen and oxygen atoms in total. The normalized spacial score (nSPS) is 10.2. The van der Waals surface area contributed by atoms with E-state index in [1.54, 1.807) is 25.5 Å². The van der Waals surface area contributed by atoms with E-state index >= 15 is 0 Å². The molecule has 1 amide bonds. The summed E-state index contributed by atoms with van der Waals surface area (Å²) < 4.78 is 10.3. The molecule has 0 unspecified atom stereocenters. The van der Waals surface area contributed by atoms with Gasteiger partial charge in [-0.1, -0.05) is 6.07 Å². The van der Waals surface area contributed by atoms with E-state index in [1.165, 1.54) is 12.4 Å². The number of anilines is 2. The number of furan rings is 1. The summed E-state index contributed by atoms with van der Waals surface area (Å²) in [5.41, 5.74) is 1.17. The van der Waals surface area contributed by atoms with Crippen LogP contribution in [0.4, 0.5) is 11.6 Å². The Hall–Kier alpha value is -3.35. The summed E-state index contributed by atoms with van der Waals surface area (Å²) in [5.74, 6) is 1.54. The fraction of sp³-hybridized carbons (Fsp3) is 0.118. The summed E-state index contributed by atoms with van der Waals surface area (Å²) in [7, 11) is 1.60. The van der Waals surface area contributed by atoms with Crippen molar-refractivity contribution < 1.29 is 13.9 Å². The highest BCUT2D eigenvalue weighted by molar-refractivity contribution is 5.93. The van der Waals surface area contributed by atoms with Gasteiger partial charge in [0, 0.05) is 24.1 Å². The van der Waals surface area contributed by atoms with Gasteiger partial charge in [0.2, 0.25) is 5.95 Å². The van der Waals surface area contributed by atoms with Crippen molar-refractivity contribution in [3.05, 3.63) is 66.4 Å². The van der Waals surface area contributed by atoms with Gasteiger partial charge in [-0.25, -0.2) is 9.97 Å². The second kappa shape index (κ2) is 7.28. The summed E-state index contributed by atoms with van der Waals surface area (Å²) in [6.07, 6.45) is 4.49. The van der Waals surface area contributed by atoms with Gasteiger partial charge in [0.25, 0.3) is 5.91 Å². The number of carbonyl (C=O) groups is 1. The molecule has 0 saturated carbocycles. The van der Waals surface area contributed by atoms with Crippen molar-refractivity contribution in [2.45, 2.75) is 6.54 Å². The van der Waals surface area contributed by atoms with E-state index in [-0.39, 0.29) is 5.91 Å². The van der Waals surface area contributed by atoms with Gasteiger partial charge in [-0.3, -0.25) is 4.79 Å². The average molecular weight is 324 g/mol. The van der Waals surface area contributed by atoms with Gasteiger partial charge in [0.05, 0.1) is 25.5 Å². The SMILES string of the molecule is COc1cccc(Nc2ncc(C(=O)NCc3ccco3)cn2)c1.